The molecule has 1 aromatic heterocycles. The Labute approximate surface area is 106 Å². The van der Waals surface area contributed by atoms with Crippen molar-refractivity contribution in [1.82, 2.24) is 9.55 Å². The summed E-state index contributed by atoms with van der Waals surface area (Å²) < 4.78 is 13.4. The molecule has 1 N–H and O–H groups in total. The number of nitrogens with one attached hydrogen (secondary N) is 1. The number of aromatic nitrogens is 2. The molecule has 0 aliphatic carbocycles. The van der Waals surface area contributed by atoms with E-state index in [1.165, 1.54) is 0 Å². The standard InChI is InChI=1S/C12H23N3OS/c1-9(2)15-8-10(3)14-12(15)13-7-6-11(4)17(5)16/h8-9,11H,6-7H2,1-5H3,(H,13,14). The zero-order valence-corrected chi connectivity index (χ0v) is 12.2. The molecule has 0 spiro atoms. The predicted molar refractivity (Wildman–Crippen MR) is 74.0 cm³/mol. The zero-order chi connectivity index (χ0) is 13.0. The minimum absolute atomic E-state index is 0.228. The summed E-state index contributed by atoms with van der Waals surface area (Å²) in [6, 6.07) is 0.399. The van der Waals surface area contributed by atoms with Gasteiger partial charge in [0.15, 0.2) is 0 Å². The van der Waals surface area contributed by atoms with Crippen LogP contribution in [0.3, 0.4) is 0 Å². The molecule has 0 radical (unpaired) electrons. The molecule has 0 amide bonds. The molecule has 0 aliphatic rings. The molecule has 2 atom stereocenters. The quantitative estimate of drug-likeness (QED) is 0.851. The van der Waals surface area contributed by atoms with E-state index >= 15 is 0 Å². The van der Waals surface area contributed by atoms with Crippen molar-refractivity contribution >= 4 is 16.7 Å². The fourth-order valence-electron chi connectivity index (χ4n) is 1.59. The predicted octanol–water partition coefficient (Wildman–Crippen LogP) is 2.34. The highest BCUT2D eigenvalue weighted by molar-refractivity contribution is 7.84. The van der Waals surface area contributed by atoms with Crippen LogP contribution < -0.4 is 5.32 Å². The lowest BCUT2D eigenvalue weighted by atomic mass is 10.3. The third kappa shape index (κ3) is 4.15. The van der Waals surface area contributed by atoms with Crippen LogP contribution in [-0.2, 0) is 10.8 Å². The van der Waals surface area contributed by atoms with E-state index in [1.807, 2.05) is 13.8 Å². The maximum atomic E-state index is 11.2. The molecule has 0 aliphatic heterocycles. The second kappa shape index (κ2) is 6.19. The van der Waals surface area contributed by atoms with Crippen molar-refractivity contribution in [3.8, 4) is 0 Å². The molecular weight excluding hydrogens is 234 g/mol. The lowest BCUT2D eigenvalue weighted by Gasteiger charge is -2.13. The molecule has 5 heteroatoms. The Balaban J connectivity index is 2.54. The van der Waals surface area contributed by atoms with Gasteiger partial charge >= 0.3 is 0 Å². The molecule has 98 valence electrons. The van der Waals surface area contributed by atoms with Gasteiger partial charge in [-0.25, -0.2) is 4.98 Å². The van der Waals surface area contributed by atoms with Crippen LogP contribution in [-0.4, -0.2) is 31.8 Å². The van der Waals surface area contributed by atoms with Crippen molar-refractivity contribution in [2.75, 3.05) is 18.1 Å². The summed E-state index contributed by atoms with van der Waals surface area (Å²) in [4.78, 5) is 4.45. The van der Waals surface area contributed by atoms with E-state index in [0.29, 0.717) is 6.04 Å². The van der Waals surface area contributed by atoms with Crippen molar-refractivity contribution < 1.29 is 4.21 Å². The molecule has 0 aromatic carbocycles. The number of rotatable bonds is 6. The summed E-state index contributed by atoms with van der Waals surface area (Å²) in [7, 11) is -0.744. The third-order valence-corrected chi connectivity index (χ3v) is 4.18. The largest absolute Gasteiger partial charge is 0.356 e. The first-order valence-corrected chi connectivity index (χ1v) is 7.65. The molecule has 1 rings (SSSR count). The molecular formula is C12H23N3OS. The first-order chi connectivity index (χ1) is 7.91. The van der Waals surface area contributed by atoms with Gasteiger partial charge in [-0.1, -0.05) is 6.92 Å². The van der Waals surface area contributed by atoms with E-state index in [4.69, 9.17) is 0 Å². The Morgan fingerprint density at radius 1 is 1.47 bits per heavy atom. The van der Waals surface area contributed by atoms with E-state index in [2.05, 4.69) is 34.9 Å². The fraction of sp³-hybridized carbons (Fsp3) is 0.750. The lowest BCUT2D eigenvalue weighted by molar-refractivity contribution is 0.603. The second-order valence-corrected chi connectivity index (χ2v) is 6.53. The monoisotopic (exact) mass is 257 g/mol. The Morgan fingerprint density at radius 3 is 2.65 bits per heavy atom. The van der Waals surface area contributed by atoms with Crippen LogP contribution in [0.25, 0.3) is 0 Å². The molecule has 4 nitrogen and oxygen atoms in total. The Bertz CT molecular complexity index is 387. The first kappa shape index (κ1) is 14.2. The van der Waals surface area contributed by atoms with Crippen LogP contribution in [0.15, 0.2) is 6.20 Å². The van der Waals surface area contributed by atoms with Crippen LogP contribution in [0.2, 0.25) is 0 Å². The molecule has 1 heterocycles. The summed E-state index contributed by atoms with van der Waals surface area (Å²) >= 11 is 0. The Hall–Kier alpha value is -0.840. The van der Waals surface area contributed by atoms with Crippen molar-refractivity contribution in [3.63, 3.8) is 0 Å². The van der Waals surface area contributed by atoms with Crippen LogP contribution in [0.1, 0.15) is 38.9 Å². The number of nitrogens with zero attached hydrogens (tertiary/aromatic N) is 2. The number of imidazole rings is 1. The van der Waals surface area contributed by atoms with E-state index in [-0.39, 0.29) is 5.25 Å². The first-order valence-electron chi connectivity index (χ1n) is 6.03. The average molecular weight is 257 g/mol. The van der Waals surface area contributed by atoms with Gasteiger partial charge in [-0.3, -0.25) is 4.21 Å². The molecule has 2 unspecified atom stereocenters. The van der Waals surface area contributed by atoms with Gasteiger partial charge in [0.2, 0.25) is 5.95 Å². The minimum Gasteiger partial charge on any atom is -0.356 e. The molecule has 17 heavy (non-hydrogen) atoms. The van der Waals surface area contributed by atoms with Gasteiger partial charge in [0.1, 0.15) is 0 Å². The van der Waals surface area contributed by atoms with Gasteiger partial charge in [-0.2, -0.15) is 0 Å². The van der Waals surface area contributed by atoms with E-state index in [0.717, 1.165) is 24.6 Å². The van der Waals surface area contributed by atoms with Crippen molar-refractivity contribution in [2.45, 2.75) is 45.4 Å². The minimum atomic E-state index is -0.744. The van der Waals surface area contributed by atoms with Crippen molar-refractivity contribution in [1.29, 1.82) is 0 Å². The topological polar surface area (TPSA) is 46.9 Å². The molecule has 0 bridgehead atoms. The number of hydrogen-bond donors (Lipinski definition) is 1. The van der Waals surface area contributed by atoms with Crippen molar-refractivity contribution in [3.05, 3.63) is 11.9 Å². The van der Waals surface area contributed by atoms with E-state index in [9.17, 15) is 4.21 Å². The zero-order valence-electron chi connectivity index (χ0n) is 11.4. The second-order valence-electron chi connectivity index (χ2n) is 4.73. The number of aryl methyl sites for hydroxylation is 1. The van der Waals surface area contributed by atoms with E-state index in [1.54, 1.807) is 6.26 Å². The Kier molecular flexibility index (Phi) is 5.18. The summed E-state index contributed by atoms with van der Waals surface area (Å²) in [6.45, 7) is 9.09. The van der Waals surface area contributed by atoms with Gasteiger partial charge in [-0.05, 0) is 27.2 Å². The van der Waals surface area contributed by atoms with Gasteiger partial charge in [0.25, 0.3) is 0 Å². The van der Waals surface area contributed by atoms with Crippen LogP contribution in [0, 0.1) is 6.92 Å². The number of hydrogen-bond acceptors (Lipinski definition) is 3. The van der Waals surface area contributed by atoms with E-state index < -0.39 is 10.8 Å². The highest BCUT2D eigenvalue weighted by Gasteiger charge is 2.09. The summed E-state index contributed by atoms with van der Waals surface area (Å²) in [5.41, 5.74) is 1.02. The third-order valence-electron chi connectivity index (χ3n) is 2.81. The molecule has 1 aromatic rings. The summed E-state index contributed by atoms with van der Waals surface area (Å²) in [5, 5.41) is 3.55. The summed E-state index contributed by atoms with van der Waals surface area (Å²) in [5.74, 6) is 0.909. The van der Waals surface area contributed by atoms with Crippen LogP contribution in [0.4, 0.5) is 5.95 Å². The van der Waals surface area contributed by atoms with Gasteiger partial charge in [-0.15, -0.1) is 0 Å². The normalized spacial score (nSPS) is 14.9. The maximum absolute atomic E-state index is 11.2. The fourth-order valence-corrected chi connectivity index (χ4v) is 2.04. The number of anilines is 1. The molecule has 0 fully saturated rings. The van der Waals surface area contributed by atoms with Crippen LogP contribution >= 0.6 is 0 Å². The molecule has 0 saturated carbocycles. The average Bonchev–Trinajstić information content (AvgIpc) is 2.59. The van der Waals surface area contributed by atoms with Crippen molar-refractivity contribution in [2.24, 2.45) is 0 Å². The van der Waals surface area contributed by atoms with Gasteiger partial charge in [0.05, 0.1) is 5.69 Å². The van der Waals surface area contributed by atoms with Gasteiger partial charge < -0.3 is 9.88 Å². The maximum Gasteiger partial charge on any atom is 0.203 e. The summed E-state index contributed by atoms with van der Waals surface area (Å²) in [6.07, 6.45) is 4.70. The van der Waals surface area contributed by atoms with Crippen LogP contribution in [0.5, 0.6) is 0 Å². The SMILES string of the molecule is Cc1cn(C(C)C)c(NCCC(C)S(C)=O)n1. The smallest absolute Gasteiger partial charge is 0.203 e. The highest BCUT2D eigenvalue weighted by Crippen LogP contribution is 2.15. The van der Waals surface area contributed by atoms with Gasteiger partial charge in [0, 0.05) is 41.1 Å². The highest BCUT2D eigenvalue weighted by atomic mass is 32.2. The molecule has 0 saturated heterocycles. The lowest BCUT2D eigenvalue weighted by Crippen LogP contribution is -2.17. The Morgan fingerprint density at radius 2 is 2.12 bits per heavy atom.